The van der Waals surface area contributed by atoms with Gasteiger partial charge in [0.15, 0.2) is 6.10 Å². The first-order valence-electron chi connectivity index (χ1n) is 6.14. The largest absolute Gasteiger partial charge is 0.479 e. The maximum absolute atomic E-state index is 12.0. The van der Waals surface area contributed by atoms with Crippen LogP contribution in [0.3, 0.4) is 0 Å². The van der Waals surface area contributed by atoms with Gasteiger partial charge in [-0.1, -0.05) is 29.8 Å². The Morgan fingerprint density at radius 2 is 2.15 bits per heavy atom. The molecular weight excluding hydrogens is 282 g/mol. The molecule has 1 aromatic rings. The minimum Gasteiger partial charge on any atom is -0.479 e. The lowest BCUT2D eigenvalue weighted by atomic mass is 10.2. The van der Waals surface area contributed by atoms with E-state index in [1.165, 1.54) is 11.0 Å². The molecule has 1 heterocycles. The topological polar surface area (TPSA) is 66.8 Å². The zero-order valence-corrected chi connectivity index (χ0v) is 11.4. The highest BCUT2D eigenvalue weighted by Crippen LogP contribution is 2.16. The molecule has 5 nitrogen and oxygen atoms in total. The molecule has 1 aliphatic rings. The summed E-state index contributed by atoms with van der Waals surface area (Å²) in [5, 5.41) is 9.44. The van der Waals surface area contributed by atoms with Crippen molar-refractivity contribution in [3.05, 3.63) is 40.9 Å². The number of amides is 1. The third-order valence-electron chi connectivity index (χ3n) is 2.96. The van der Waals surface area contributed by atoms with E-state index in [0.717, 1.165) is 5.56 Å². The summed E-state index contributed by atoms with van der Waals surface area (Å²) >= 11 is 5.98. The van der Waals surface area contributed by atoms with E-state index < -0.39 is 12.1 Å². The van der Waals surface area contributed by atoms with Gasteiger partial charge < -0.3 is 14.7 Å². The Morgan fingerprint density at radius 3 is 2.85 bits per heavy atom. The van der Waals surface area contributed by atoms with Gasteiger partial charge in [0.2, 0.25) is 5.91 Å². The van der Waals surface area contributed by atoms with E-state index in [9.17, 15) is 9.59 Å². The van der Waals surface area contributed by atoms with E-state index in [1.54, 1.807) is 24.3 Å². The maximum Gasteiger partial charge on any atom is 0.334 e. The van der Waals surface area contributed by atoms with Gasteiger partial charge in [0.25, 0.3) is 0 Å². The summed E-state index contributed by atoms with van der Waals surface area (Å²) < 4.78 is 5.06. The Hall–Kier alpha value is -1.85. The monoisotopic (exact) mass is 295 g/mol. The number of aliphatic carboxylic acids is 1. The summed E-state index contributed by atoms with van der Waals surface area (Å²) in [6, 6.07) is 7.17. The summed E-state index contributed by atoms with van der Waals surface area (Å²) in [7, 11) is 0. The normalized spacial score (nSPS) is 19.2. The summed E-state index contributed by atoms with van der Waals surface area (Å²) in [6.45, 7) is 0.666. The molecule has 1 saturated heterocycles. The van der Waals surface area contributed by atoms with E-state index in [4.69, 9.17) is 21.4 Å². The van der Waals surface area contributed by atoms with Crippen LogP contribution in [0, 0.1) is 0 Å². The number of benzene rings is 1. The Bertz CT molecular complexity index is 544. The third kappa shape index (κ3) is 3.59. The lowest BCUT2D eigenvalue weighted by Crippen LogP contribution is -2.48. The fraction of sp³-hybridized carbons (Fsp3) is 0.286. The van der Waals surface area contributed by atoms with Gasteiger partial charge in [0, 0.05) is 17.6 Å². The van der Waals surface area contributed by atoms with Gasteiger partial charge in [-0.25, -0.2) is 4.79 Å². The van der Waals surface area contributed by atoms with Crippen molar-refractivity contribution in [3.8, 4) is 0 Å². The van der Waals surface area contributed by atoms with Gasteiger partial charge in [-0.15, -0.1) is 0 Å². The fourth-order valence-electron chi connectivity index (χ4n) is 1.88. The number of ether oxygens (including phenoxy) is 1. The van der Waals surface area contributed by atoms with Crippen molar-refractivity contribution in [3.63, 3.8) is 0 Å². The molecule has 1 amide bonds. The Morgan fingerprint density at radius 1 is 1.40 bits per heavy atom. The predicted octanol–water partition coefficient (Wildman–Crippen LogP) is 1.67. The first-order valence-corrected chi connectivity index (χ1v) is 6.51. The van der Waals surface area contributed by atoms with Gasteiger partial charge in [0.1, 0.15) is 0 Å². The molecule has 6 heteroatoms. The molecule has 1 unspecified atom stereocenters. The van der Waals surface area contributed by atoms with E-state index in [0.29, 0.717) is 11.6 Å². The Labute approximate surface area is 121 Å². The molecule has 1 N–H and O–H groups in total. The third-order valence-corrected chi connectivity index (χ3v) is 3.31. The molecule has 1 aromatic carbocycles. The predicted molar refractivity (Wildman–Crippen MR) is 74.4 cm³/mol. The number of carboxylic acid groups (broad SMARTS) is 1. The average Bonchev–Trinajstić information content (AvgIpc) is 2.46. The molecule has 20 heavy (non-hydrogen) atoms. The first-order chi connectivity index (χ1) is 9.58. The number of hydrogen-bond donors (Lipinski definition) is 1. The molecule has 0 bridgehead atoms. The van der Waals surface area contributed by atoms with Gasteiger partial charge in [-0.3, -0.25) is 4.79 Å². The van der Waals surface area contributed by atoms with Crippen molar-refractivity contribution in [2.75, 3.05) is 19.7 Å². The van der Waals surface area contributed by atoms with Gasteiger partial charge in [-0.05, 0) is 17.7 Å². The van der Waals surface area contributed by atoms with Crippen LogP contribution in [-0.4, -0.2) is 47.7 Å². The van der Waals surface area contributed by atoms with Crippen molar-refractivity contribution in [2.45, 2.75) is 6.10 Å². The average molecular weight is 296 g/mol. The number of morpholine rings is 1. The van der Waals surface area contributed by atoms with Crippen molar-refractivity contribution >= 4 is 29.6 Å². The maximum atomic E-state index is 12.0. The van der Waals surface area contributed by atoms with Gasteiger partial charge >= 0.3 is 5.97 Å². The number of carbonyl (C=O) groups excluding carboxylic acids is 1. The molecule has 2 rings (SSSR count). The van der Waals surface area contributed by atoms with Crippen LogP contribution >= 0.6 is 11.6 Å². The summed E-state index contributed by atoms with van der Waals surface area (Å²) in [5.41, 5.74) is 0.741. The van der Waals surface area contributed by atoms with E-state index in [2.05, 4.69) is 0 Å². The molecular formula is C14H14ClNO4. The molecule has 0 radical (unpaired) electrons. The van der Waals surface area contributed by atoms with Crippen LogP contribution in [0.2, 0.25) is 5.02 Å². The lowest BCUT2D eigenvalue weighted by molar-refractivity contribution is -0.158. The minimum absolute atomic E-state index is 0.0566. The zero-order chi connectivity index (χ0) is 14.5. The molecule has 0 saturated carbocycles. The van der Waals surface area contributed by atoms with Crippen LogP contribution in [0.15, 0.2) is 30.3 Å². The quantitative estimate of drug-likeness (QED) is 0.861. The standard InChI is InChI=1S/C14H14ClNO4/c15-11-4-2-1-3-10(11)5-6-13(17)16-7-8-20-12(9-16)14(18)19/h1-6,12H,7-9H2,(H,18,19). The second kappa shape index (κ2) is 6.54. The van der Waals surface area contributed by atoms with Crippen molar-refractivity contribution in [1.82, 2.24) is 4.90 Å². The molecule has 0 aromatic heterocycles. The number of carboxylic acids is 1. The number of nitrogens with zero attached hydrogens (tertiary/aromatic N) is 1. The van der Waals surface area contributed by atoms with Crippen LogP contribution in [0.5, 0.6) is 0 Å². The van der Waals surface area contributed by atoms with Gasteiger partial charge in [0.05, 0.1) is 13.2 Å². The van der Waals surface area contributed by atoms with Crippen molar-refractivity contribution < 1.29 is 19.4 Å². The van der Waals surface area contributed by atoms with E-state index >= 15 is 0 Å². The summed E-state index contributed by atoms with van der Waals surface area (Å²) in [4.78, 5) is 24.3. The van der Waals surface area contributed by atoms with E-state index in [-0.39, 0.29) is 19.1 Å². The van der Waals surface area contributed by atoms with Crippen molar-refractivity contribution in [1.29, 1.82) is 0 Å². The highest BCUT2D eigenvalue weighted by molar-refractivity contribution is 6.32. The molecule has 1 atom stereocenters. The molecule has 1 fully saturated rings. The Balaban J connectivity index is 2.01. The number of rotatable bonds is 3. The Kier molecular flexibility index (Phi) is 4.76. The second-order valence-electron chi connectivity index (χ2n) is 4.34. The fourth-order valence-corrected chi connectivity index (χ4v) is 2.07. The van der Waals surface area contributed by atoms with Crippen LogP contribution in [-0.2, 0) is 14.3 Å². The number of halogens is 1. The van der Waals surface area contributed by atoms with Gasteiger partial charge in [-0.2, -0.15) is 0 Å². The van der Waals surface area contributed by atoms with Crippen molar-refractivity contribution in [2.24, 2.45) is 0 Å². The van der Waals surface area contributed by atoms with Crippen LogP contribution in [0.1, 0.15) is 5.56 Å². The molecule has 0 spiro atoms. The smallest absolute Gasteiger partial charge is 0.334 e. The van der Waals surface area contributed by atoms with Crippen LogP contribution in [0.4, 0.5) is 0 Å². The van der Waals surface area contributed by atoms with Crippen LogP contribution in [0.25, 0.3) is 6.08 Å². The number of carbonyl (C=O) groups is 2. The molecule has 0 aliphatic carbocycles. The zero-order valence-electron chi connectivity index (χ0n) is 10.7. The second-order valence-corrected chi connectivity index (χ2v) is 4.74. The summed E-state index contributed by atoms with van der Waals surface area (Å²) in [5.74, 6) is -1.31. The highest BCUT2D eigenvalue weighted by atomic mass is 35.5. The highest BCUT2D eigenvalue weighted by Gasteiger charge is 2.27. The van der Waals surface area contributed by atoms with E-state index in [1.807, 2.05) is 6.07 Å². The first kappa shape index (κ1) is 14.6. The lowest BCUT2D eigenvalue weighted by Gasteiger charge is -2.30. The number of hydrogen-bond acceptors (Lipinski definition) is 3. The van der Waals surface area contributed by atoms with Crippen LogP contribution < -0.4 is 0 Å². The molecule has 1 aliphatic heterocycles. The summed E-state index contributed by atoms with van der Waals surface area (Å²) in [6.07, 6.45) is 2.06. The minimum atomic E-state index is -1.06. The molecule has 106 valence electrons. The SMILES string of the molecule is O=C(O)C1CN(C(=O)C=Cc2ccccc2Cl)CCO1.